The highest BCUT2D eigenvalue weighted by Gasteiger charge is 2.21. The lowest BCUT2D eigenvalue weighted by Crippen LogP contribution is -2.25. The average Bonchev–Trinajstić information content (AvgIpc) is 2.26. The maximum absolute atomic E-state index is 11.3. The van der Waals surface area contributed by atoms with Gasteiger partial charge in [-0.3, -0.25) is 9.59 Å². The highest BCUT2D eigenvalue weighted by atomic mass is 32.2. The molecule has 0 amide bonds. The number of thiol groups is 1. The van der Waals surface area contributed by atoms with Crippen LogP contribution in [-0.2, 0) is 9.59 Å². The fourth-order valence-electron chi connectivity index (χ4n) is 0.888. The van der Waals surface area contributed by atoms with Gasteiger partial charge in [0.25, 0.3) is 0 Å². The zero-order valence-electron chi connectivity index (χ0n) is 7.79. The molecule has 15 heavy (non-hydrogen) atoms. The molecule has 0 aliphatic rings. The first-order valence-corrected chi connectivity index (χ1v) is 5.73. The molecule has 1 aromatic rings. The van der Waals surface area contributed by atoms with Gasteiger partial charge < -0.3 is 5.11 Å². The van der Waals surface area contributed by atoms with Crippen LogP contribution in [0.25, 0.3) is 0 Å². The van der Waals surface area contributed by atoms with Gasteiger partial charge in [0.1, 0.15) is 0 Å². The Bertz CT molecular complexity index is 351. The van der Waals surface area contributed by atoms with Crippen LogP contribution in [0.4, 0.5) is 0 Å². The number of carbonyl (C=O) groups is 2. The summed E-state index contributed by atoms with van der Waals surface area (Å²) >= 11 is 5.02. The zero-order valence-corrected chi connectivity index (χ0v) is 9.50. The van der Waals surface area contributed by atoms with E-state index in [0.717, 1.165) is 4.90 Å². The van der Waals surface area contributed by atoms with Gasteiger partial charge in [0, 0.05) is 4.90 Å². The standard InChI is InChI=1S/C10H10O3S2/c11-8(9(14)10(12)13)6-15-7-4-2-1-3-5-7/h1-5,9,14H,6H2,(H,12,13). The highest BCUT2D eigenvalue weighted by Crippen LogP contribution is 2.17. The molecule has 0 aromatic heterocycles. The Hall–Kier alpha value is -0.940. The molecule has 0 bridgehead atoms. The van der Waals surface area contributed by atoms with Gasteiger partial charge in [0.05, 0.1) is 5.75 Å². The first-order valence-electron chi connectivity index (χ1n) is 4.22. The molecule has 1 atom stereocenters. The summed E-state index contributed by atoms with van der Waals surface area (Å²) in [6.45, 7) is 0. The number of Topliss-reactive ketones (excluding diaryl/α,β-unsaturated/α-hetero) is 1. The van der Waals surface area contributed by atoms with Crippen molar-refractivity contribution >= 4 is 36.1 Å². The van der Waals surface area contributed by atoms with Crippen molar-refractivity contribution in [3.63, 3.8) is 0 Å². The first kappa shape index (κ1) is 12.1. The van der Waals surface area contributed by atoms with Crippen molar-refractivity contribution in [3.8, 4) is 0 Å². The Morgan fingerprint density at radius 3 is 2.47 bits per heavy atom. The zero-order chi connectivity index (χ0) is 11.3. The summed E-state index contributed by atoms with van der Waals surface area (Å²) in [6, 6.07) is 9.34. The number of carboxylic acid groups (broad SMARTS) is 1. The Kier molecular flexibility index (Phi) is 4.71. The molecule has 0 saturated carbocycles. The molecule has 0 aliphatic heterocycles. The largest absolute Gasteiger partial charge is 0.480 e. The number of carbonyl (C=O) groups excluding carboxylic acids is 1. The molecular formula is C10H10O3S2. The fourth-order valence-corrected chi connectivity index (χ4v) is 1.93. The molecule has 0 fully saturated rings. The monoisotopic (exact) mass is 242 g/mol. The van der Waals surface area contributed by atoms with E-state index in [0.29, 0.717) is 0 Å². The van der Waals surface area contributed by atoms with Gasteiger partial charge in [-0.25, -0.2) is 0 Å². The Labute approximate surface area is 97.3 Å². The number of rotatable bonds is 5. The second-order valence-corrected chi connectivity index (χ2v) is 4.37. The Balaban J connectivity index is 2.44. The number of thioether (sulfide) groups is 1. The van der Waals surface area contributed by atoms with Crippen molar-refractivity contribution in [3.05, 3.63) is 30.3 Å². The van der Waals surface area contributed by atoms with E-state index in [1.807, 2.05) is 30.3 Å². The van der Waals surface area contributed by atoms with E-state index in [1.54, 1.807) is 0 Å². The molecule has 1 N–H and O–H groups in total. The van der Waals surface area contributed by atoms with E-state index in [9.17, 15) is 9.59 Å². The molecule has 1 unspecified atom stereocenters. The summed E-state index contributed by atoms with van der Waals surface area (Å²) in [5.41, 5.74) is 0. The van der Waals surface area contributed by atoms with Crippen molar-refractivity contribution in [1.29, 1.82) is 0 Å². The van der Waals surface area contributed by atoms with E-state index in [-0.39, 0.29) is 11.5 Å². The third kappa shape index (κ3) is 3.97. The smallest absolute Gasteiger partial charge is 0.324 e. The topological polar surface area (TPSA) is 54.4 Å². The number of ketones is 1. The van der Waals surface area contributed by atoms with Gasteiger partial charge in [0.15, 0.2) is 11.0 Å². The maximum atomic E-state index is 11.3. The number of aliphatic carboxylic acids is 1. The van der Waals surface area contributed by atoms with Crippen LogP contribution >= 0.6 is 24.4 Å². The second kappa shape index (κ2) is 5.82. The van der Waals surface area contributed by atoms with Crippen molar-refractivity contribution in [1.82, 2.24) is 0 Å². The number of hydrogen-bond acceptors (Lipinski definition) is 4. The summed E-state index contributed by atoms with van der Waals surface area (Å²) in [7, 11) is 0. The summed E-state index contributed by atoms with van der Waals surface area (Å²) in [4.78, 5) is 22.7. The number of carboxylic acids is 1. The minimum absolute atomic E-state index is 0.129. The van der Waals surface area contributed by atoms with Gasteiger partial charge in [-0.1, -0.05) is 18.2 Å². The molecule has 0 heterocycles. The van der Waals surface area contributed by atoms with Crippen LogP contribution < -0.4 is 0 Å². The molecule has 0 aliphatic carbocycles. The normalized spacial score (nSPS) is 12.1. The molecule has 0 spiro atoms. The summed E-state index contributed by atoms with van der Waals surface area (Å²) < 4.78 is 0. The minimum Gasteiger partial charge on any atom is -0.480 e. The SMILES string of the molecule is O=C(O)C(S)C(=O)CSc1ccccc1. The van der Waals surface area contributed by atoms with E-state index in [2.05, 4.69) is 12.6 Å². The first-order chi connectivity index (χ1) is 7.11. The summed E-state index contributed by atoms with van der Waals surface area (Å²) in [6.07, 6.45) is 0. The predicted molar refractivity (Wildman–Crippen MR) is 62.6 cm³/mol. The van der Waals surface area contributed by atoms with Crippen LogP contribution in [0.1, 0.15) is 0 Å². The third-order valence-electron chi connectivity index (χ3n) is 1.66. The lowest BCUT2D eigenvalue weighted by Gasteiger charge is -2.04. The van der Waals surface area contributed by atoms with Crippen LogP contribution in [0.15, 0.2) is 35.2 Å². The predicted octanol–water partition coefficient (Wildman–Crippen LogP) is 1.73. The van der Waals surface area contributed by atoms with E-state index >= 15 is 0 Å². The summed E-state index contributed by atoms with van der Waals surface area (Å²) in [5.74, 6) is -1.46. The highest BCUT2D eigenvalue weighted by molar-refractivity contribution is 8.00. The molecule has 0 saturated heterocycles. The van der Waals surface area contributed by atoms with Gasteiger partial charge in [-0.15, -0.1) is 11.8 Å². The molecule has 80 valence electrons. The van der Waals surface area contributed by atoms with Crippen molar-refractivity contribution in [2.24, 2.45) is 0 Å². The van der Waals surface area contributed by atoms with Crippen LogP contribution in [-0.4, -0.2) is 27.9 Å². The lowest BCUT2D eigenvalue weighted by atomic mass is 10.3. The van der Waals surface area contributed by atoms with Crippen molar-refractivity contribution < 1.29 is 14.7 Å². The van der Waals surface area contributed by atoms with Crippen LogP contribution in [0.3, 0.4) is 0 Å². The number of hydrogen-bond donors (Lipinski definition) is 2. The molecule has 3 nitrogen and oxygen atoms in total. The lowest BCUT2D eigenvalue weighted by molar-refractivity contribution is -0.138. The van der Waals surface area contributed by atoms with Crippen LogP contribution in [0.2, 0.25) is 0 Å². The third-order valence-corrected chi connectivity index (χ3v) is 3.21. The van der Waals surface area contributed by atoms with E-state index in [1.165, 1.54) is 11.8 Å². The quantitative estimate of drug-likeness (QED) is 0.469. The molecule has 1 aromatic carbocycles. The molecule has 0 radical (unpaired) electrons. The van der Waals surface area contributed by atoms with Gasteiger partial charge in [-0.05, 0) is 12.1 Å². The van der Waals surface area contributed by atoms with Gasteiger partial charge >= 0.3 is 5.97 Å². The van der Waals surface area contributed by atoms with Crippen molar-refractivity contribution in [2.75, 3.05) is 5.75 Å². The van der Waals surface area contributed by atoms with Crippen LogP contribution in [0, 0.1) is 0 Å². The average molecular weight is 242 g/mol. The molecule has 5 heteroatoms. The summed E-state index contributed by atoms with van der Waals surface area (Å²) in [5, 5.41) is 7.32. The number of benzene rings is 1. The minimum atomic E-state index is -1.22. The molecule has 1 rings (SSSR count). The fraction of sp³-hybridized carbons (Fsp3) is 0.200. The van der Waals surface area contributed by atoms with Gasteiger partial charge in [0.2, 0.25) is 0 Å². The van der Waals surface area contributed by atoms with Crippen molar-refractivity contribution in [2.45, 2.75) is 10.1 Å². The van der Waals surface area contributed by atoms with E-state index in [4.69, 9.17) is 5.11 Å². The van der Waals surface area contributed by atoms with Gasteiger partial charge in [-0.2, -0.15) is 12.6 Å². The molecular weight excluding hydrogens is 232 g/mol. The Morgan fingerprint density at radius 1 is 1.33 bits per heavy atom. The second-order valence-electron chi connectivity index (χ2n) is 2.81. The Morgan fingerprint density at radius 2 is 1.93 bits per heavy atom. The van der Waals surface area contributed by atoms with E-state index < -0.39 is 11.2 Å². The van der Waals surface area contributed by atoms with Crippen LogP contribution in [0.5, 0.6) is 0 Å². The maximum Gasteiger partial charge on any atom is 0.324 e.